The minimum atomic E-state index is 0.253. The van der Waals surface area contributed by atoms with Crippen molar-refractivity contribution in [3.05, 3.63) is 29.8 Å². The van der Waals surface area contributed by atoms with Crippen LogP contribution in [0, 0.1) is 5.41 Å². The largest absolute Gasteiger partial charge is 0.508 e. The summed E-state index contributed by atoms with van der Waals surface area (Å²) in [7, 11) is 0. The maximum absolute atomic E-state index is 9.46. The Balaban J connectivity index is 2.82. The number of benzene rings is 1. The third kappa shape index (κ3) is 3.77. The van der Waals surface area contributed by atoms with E-state index in [1.54, 1.807) is 6.07 Å². The van der Waals surface area contributed by atoms with Crippen LogP contribution in [0.4, 0.5) is 0 Å². The Morgan fingerprint density at radius 2 is 1.94 bits per heavy atom. The van der Waals surface area contributed by atoms with E-state index in [-0.39, 0.29) is 5.41 Å². The van der Waals surface area contributed by atoms with E-state index in [1.165, 1.54) is 18.4 Å². The number of phenols is 1. The zero-order valence-electron chi connectivity index (χ0n) is 9.55. The molecular weight excluding hydrogens is 332 g/mol. The fraction of sp³-hybridized carbons (Fsp3) is 0.538. The number of phenolic OH excluding ortho intramolecular Hbond substituents is 1. The number of rotatable bonds is 6. The van der Waals surface area contributed by atoms with Crippen LogP contribution in [0.1, 0.15) is 25.3 Å². The summed E-state index contributed by atoms with van der Waals surface area (Å²) in [4.78, 5) is 0. The average Bonchev–Trinajstić information content (AvgIpc) is 2.28. The highest BCUT2D eigenvalue weighted by Crippen LogP contribution is 2.33. The van der Waals surface area contributed by atoms with Gasteiger partial charge in [-0.3, -0.25) is 0 Å². The summed E-state index contributed by atoms with van der Waals surface area (Å²) in [6.07, 6.45) is 3.35. The van der Waals surface area contributed by atoms with Crippen molar-refractivity contribution < 1.29 is 5.11 Å². The van der Waals surface area contributed by atoms with E-state index in [0.29, 0.717) is 5.75 Å². The van der Waals surface area contributed by atoms with Crippen LogP contribution >= 0.6 is 31.9 Å². The topological polar surface area (TPSA) is 20.2 Å². The summed E-state index contributed by atoms with van der Waals surface area (Å²) in [6, 6.07) is 7.56. The van der Waals surface area contributed by atoms with E-state index in [2.05, 4.69) is 44.8 Å². The van der Waals surface area contributed by atoms with Crippen molar-refractivity contribution in [2.75, 3.05) is 10.7 Å². The molecule has 90 valence electrons. The number of hydrogen-bond acceptors (Lipinski definition) is 1. The lowest BCUT2D eigenvalue weighted by molar-refractivity contribution is 0.351. The van der Waals surface area contributed by atoms with Crippen LogP contribution in [-0.4, -0.2) is 15.8 Å². The van der Waals surface area contributed by atoms with Crippen LogP contribution in [0.25, 0.3) is 0 Å². The molecule has 0 unspecified atom stereocenters. The van der Waals surface area contributed by atoms with Crippen LogP contribution in [0.2, 0.25) is 0 Å². The molecule has 0 aliphatic carbocycles. The molecule has 1 aromatic rings. The molecular formula is C13H18Br2O. The Morgan fingerprint density at radius 1 is 1.25 bits per heavy atom. The number of aromatic hydroxyl groups is 1. The zero-order chi connectivity index (χ0) is 12.0. The molecule has 3 heteroatoms. The predicted molar refractivity (Wildman–Crippen MR) is 76.7 cm³/mol. The van der Waals surface area contributed by atoms with E-state index in [0.717, 1.165) is 17.1 Å². The second-order valence-corrected chi connectivity index (χ2v) is 5.49. The van der Waals surface area contributed by atoms with E-state index >= 15 is 0 Å². The summed E-state index contributed by atoms with van der Waals surface area (Å²) in [5.74, 6) is 0.354. The quantitative estimate of drug-likeness (QED) is 0.749. The first-order valence-electron chi connectivity index (χ1n) is 5.55. The first-order valence-corrected chi connectivity index (χ1v) is 7.80. The molecule has 0 aliphatic rings. The average molecular weight is 350 g/mol. The fourth-order valence-electron chi connectivity index (χ4n) is 1.98. The van der Waals surface area contributed by atoms with Crippen molar-refractivity contribution in [2.24, 2.45) is 5.41 Å². The molecule has 0 saturated heterocycles. The second-order valence-electron chi connectivity index (χ2n) is 4.36. The smallest absolute Gasteiger partial charge is 0.115 e. The van der Waals surface area contributed by atoms with E-state index < -0.39 is 0 Å². The third-order valence-corrected chi connectivity index (χ3v) is 5.22. The van der Waals surface area contributed by atoms with Gasteiger partial charge >= 0.3 is 0 Å². The minimum Gasteiger partial charge on any atom is -0.508 e. The van der Waals surface area contributed by atoms with Crippen LogP contribution in [-0.2, 0) is 6.42 Å². The first-order chi connectivity index (χ1) is 7.65. The SMILES string of the molecule is CCCC(CBr)(CBr)Cc1cccc(O)c1. The van der Waals surface area contributed by atoms with Gasteiger partial charge in [0.25, 0.3) is 0 Å². The van der Waals surface area contributed by atoms with Gasteiger partial charge in [-0.05, 0) is 36.0 Å². The van der Waals surface area contributed by atoms with E-state index in [9.17, 15) is 5.11 Å². The van der Waals surface area contributed by atoms with Crippen LogP contribution in [0.15, 0.2) is 24.3 Å². The molecule has 0 aromatic heterocycles. The summed E-state index contributed by atoms with van der Waals surface area (Å²) in [5.41, 5.74) is 1.45. The Bertz CT molecular complexity index is 321. The van der Waals surface area contributed by atoms with Crippen molar-refractivity contribution >= 4 is 31.9 Å². The molecule has 1 aromatic carbocycles. The normalized spacial score (nSPS) is 11.7. The van der Waals surface area contributed by atoms with Gasteiger partial charge in [-0.15, -0.1) is 0 Å². The maximum atomic E-state index is 9.46. The molecule has 0 fully saturated rings. The Hall–Kier alpha value is -0.0200. The Labute approximate surface area is 115 Å². The Morgan fingerprint density at radius 3 is 2.44 bits per heavy atom. The molecule has 0 bridgehead atoms. The highest BCUT2D eigenvalue weighted by molar-refractivity contribution is 9.09. The highest BCUT2D eigenvalue weighted by atomic mass is 79.9. The second kappa shape index (κ2) is 6.65. The number of halogens is 2. The monoisotopic (exact) mass is 348 g/mol. The van der Waals surface area contributed by atoms with Crippen molar-refractivity contribution in [1.29, 1.82) is 0 Å². The van der Waals surface area contributed by atoms with Crippen LogP contribution in [0.3, 0.4) is 0 Å². The van der Waals surface area contributed by atoms with Crippen molar-refractivity contribution in [2.45, 2.75) is 26.2 Å². The first kappa shape index (κ1) is 14.0. The fourth-order valence-corrected chi connectivity index (χ4v) is 3.87. The molecule has 0 aliphatic heterocycles. The lowest BCUT2D eigenvalue weighted by atomic mass is 9.81. The molecule has 16 heavy (non-hydrogen) atoms. The van der Waals surface area contributed by atoms with Gasteiger partial charge in [0.15, 0.2) is 0 Å². The van der Waals surface area contributed by atoms with Crippen molar-refractivity contribution in [3.8, 4) is 5.75 Å². The van der Waals surface area contributed by atoms with Crippen molar-refractivity contribution in [3.63, 3.8) is 0 Å². The van der Waals surface area contributed by atoms with Crippen LogP contribution < -0.4 is 0 Å². The van der Waals surface area contributed by atoms with Gasteiger partial charge in [-0.1, -0.05) is 57.3 Å². The Kier molecular flexibility index (Phi) is 5.84. The van der Waals surface area contributed by atoms with E-state index in [1.807, 2.05) is 12.1 Å². The molecule has 0 spiro atoms. The van der Waals surface area contributed by atoms with Gasteiger partial charge < -0.3 is 5.11 Å². The summed E-state index contributed by atoms with van der Waals surface area (Å²) < 4.78 is 0. The summed E-state index contributed by atoms with van der Waals surface area (Å²) in [6.45, 7) is 2.21. The summed E-state index contributed by atoms with van der Waals surface area (Å²) >= 11 is 7.24. The molecule has 0 amide bonds. The van der Waals surface area contributed by atoms with Gasteiger partial charge in [0, 0.05) is 10.7 Å². The van der Waals surface area contributed by atoms with Gasteiger partial charge in [-0.25, -0.2) is 0 Å². The molecule has 1 nitrogen and oxygen atoms in total. The predicted octanol–water partition coefficient (Wildman–Crippen LogP) is 4.51. The lowest BCUT2D eigenvalue weighted by Gasteiger charge is -2.29. The van der Waals surface area contributed by atoms with E-state index in [4.69, 9.17) is 0 Å². The summed E-state index contributed by atoms with van der Waals surface area (Å²) in [5, 5.41) is 11.4. The zero-order valence-corrected chi connectivity index (χ0v) is 12.7. The molecule has 1 rings (SSSR count). The molecule has 0 heterocycles. The maximum Gasteiger partial charge on any atom is 0.115 e. The highest BCUT2D eigenvalue weighted by Gasteiger charge is 2.27. The van der Waals surface area contributed by atoms with Gasteiger partial charge in [0.1, 0.15) is 5.75 Å². The molecule has 1 N–H and O–H groups in total. The van der Waals surface area contributed by atoms with Gasteiger partial charge in [0.05, 0.1) is 0 Å². The minimum absolute atomic E-state index is 0.253. The standard InChI is InChI=1S/C13H18Br2O/c1-2-6-13(9-14,10-15)8-11-4-3-5-12(16)7-11/h3-5,7,16H,2,6,8-10H2,1H3. The van der Waals surface area contributed by atoms with Gasteiger partial charge in [0.2, 0.25) is 0 Å². The molecule has 0 saturated carbocycles. The van der Waals surface area contributed by atoms with Crippen LogP contribution in [0.5, 0.6) is 5.75 Å². The number of hydrogen-bond donors (Lipinski definition) is 1. The number of alkyl halides is 2. The van der Waals surface area contributed by atoms with Crippen molar-refractivity contribution in [1.82, 2.24) is 0 Å². The lowest BCUT2D eigenvalue weighted by Crippen LogP contribution is -2.27. The van der Waals surface area contributed by atoms with Gasteiger partial charge in [-0.2, -0.15) is 0 Å². The molecule has 0 radical (unpaired) electrons. The third-order valence-electron chi connectivity index (χ3n) is 2.84. The molecule has 0 atom stereocenters.